The average Bonchev–Trinajstić information content (AvgIpc) is 3.34. The highest BCUT2D eigenvalue weighted by atomic mass is 32.1. The molecule has 24 heavy (non-hydrogen) atoms. The number of thiophene rings is 1. The molecule has 1 fully saturated rings. The minimum atomic E-state index is 0.0449. The quantitative estimate of drug-likeness (QED) is 0.794. The SMILES string of the molecule is CC[C@@H](CNC(=O)CCc1nc(-c2cccs2)no1)N1CCCC1. The number of carbonyl (C=O) groups excluding carboxylic acids is 1. The van der Waals surface area contributed by atoms with Gasteiger partial charge in [0.2, 0.25) is 17.6 Å². The zero-order valence-corrected chi connectivity index (χ0v) is 14.8. The Morgan fingerprint density at radius 3 is 3.00 bits per heavy atom. The number of aromatic nitrogens is 2. The fourth-order valence-corrected chi connectivity index (χ4v) is 3.69. The van der Waals surface area contributed by atoms with Gasteiger partial charge in [-0.2, -0.15) is 4.98 Å². The van der Waals surface area contributed by atoms with Crippen LogP contribution in [0.3, 0.4) is 0 Å². The van der Waals surface area contributed by atoms with Crippen LogP contribution in [0.15, 0.2) is 22.0 Å². The minimum absolute atomic E-state index is 0.0449. The van der Waals surface area contributed by atoms with Crippen molar-refractivity contribution in [2.75, 3.05) is 19.6 Å². The number of hydrogen-bond donors (Lipinski definition) is 1. The number of likely N-dealkylation sites (tertiary alicyclic amines) is 1. The molecule has 7 heteroatoms. The predicted octanol–water partition coefficient (Wildman–Crippen LogP) is 2.72. The van der Waals surface area contributed by atoms with Crippen molar-refractivity contribution in [2.45, 2.75) is 45.1 Å². The van der Waals surface area contributed by atoms with E-state index in [0.717, 1.165) is 30.9 Å². The summed E-state index contributed by atoms with van der Waals surface area (Å²) >= 11 is 1.57. The molecule has 130 valence electrons. The van der Waals surface area contributed by atoms with Crippen molar-refractivity contribution >= 4 is 17.2 Å². The van der Waals surface area contributed by atoms with Gasteiger partial charge in [0.05, 0.1) is 4.88 Å². The predicted molar refractivity (Wildman–Crippen MR) is 93.8 cm³/mol. The summed E-state index contributed by atoms with van der Waals surface area (Å²) in [7, 11) is 0. The van der Waals surface area contributed by atoms with Crippen LogP contribution in [0.5, 0.6) is 0 Å². The van der Waals surface area contributed by atoms with Gasteiger partial charge in [-0.15, -0.1) is 11.3 Å². The second-order valence-corrected chi connectivity index (χ2v) is 7.05. The fourth-order valence-electron chi connectivity index (χ4n) is 3.04. The third-order valence-electron chi connectivity index (χ3n) is 4.44. The van der Waals surface area contributed by atoms with E-state index in [1.165, 1.54) is 12.8 Å². The first kappa shape index (κ1) is 17.1. The molecule has 0 spiro atoms. The van der Waals surface area contributed by atoms with Crippen LogP contribution in [-0.2, 0) is 11.2 Å². The van der Waals surface area contributed by atoms with Crippen LogP contribution in [-0.4, -0.2) is 46.6 Å². The van der Waals surface area contributed by atoms with Crippen LogP contribution in [0.1, 0.15) is 38.5 Å². The summed E-state index contributed by atoms with van der Waals surface area (Å²) in [5, 5.41) is 8.98. The first-order valence-electron chi connectivity index (χ1n) is 8.63. The van der Waals surface area contributed by atoms with E-state index in [9.17, 15) is 4.79 Å². The Bertz CT molecular complexity index is 635. The van der Waals surface area contributed by atoms with E-state index in [1.807, 2.05) is 17.5 Å². The molecule has 1 N–H and O–H groups in total. The molecule has 1 amide bonds. The van der Waals surface area contributed by atoms with Crippen LogP contribution in [0.4, 0.5) is 0 Å². The number of nitrogens with one attached hydrogen (secondary N) is 1. The van der Waals surface area contributed by atoms with Gasteiger partial charge in [-0.25, -0.2) is 0 Å². The Balaban J connectivity index is 1.42. The molecule has 0 aromatic carbocycles. The first-order chi connectivity index (χ1) is 11.8. The average molecular weight is 348 g/mol. The number of amides is 1. The van der Waals surface area contributed by atoms with Crippen LogP contribution in [0, 0.1) is 0 Å². The Kier molecular flexibility index (Phi) is 5.98. The summed E-state index contributed by atoms with van der Waals surface area (Å²) in [6.07, 6.45) is 4.46. The number of hydrogen-bond acceptors (Lipinski definition) is 6. The van der Waals surface area contributed by atoms with Gasteiger partial charge in [-0.3, -0.25) is 9.69 Å². The highest BCUT2D eigenvalue weighted by Crippen LogP contribution is 2.21. The van der Waals surface area contributed by atoms with Crippen molar-refractivity contribution < 1.29 is 9.32 Å². The van der Waals surface area contributed by atoms with Gasteiger partial charge >= 0.3 is 0 Å². The molecule has 0 saturated carbocycles. The highest BCUT2D eigenvalue weighted by Gasteiger charge is 2.20. The molecule has 1 saturated heterocycles. The molecule has 2 aromatic heterocycles. The van der Waals surface area contributed by atoms with Crippen molar-refractivity contribution in [3.63, 3.8) is 0 Å². The zero-order chi connectivity index (χ0) is 16.8. The Hall–Kier alpha value is -1.73. The number of aryl methyl sites for hydroxylation is 1. The molecule has 1 aliphatic rings. The second kappa shape index (κ2) is 8.39. The highest BCUT2D eigenvalue weighted by molar-refractivity contribution is 7.13. The van der Waals surface area contributed by atoms with E-state index in [-0.39, 0.29) is 5.91 Å². The lowest BCUT2D eigenvalue weighted by molar-refractivity contribution is -0.121. The zero-order valence-electron chi connectivity index (χ0n) is 14.0. The van der Waals surface area contributed by atoms with E-state index in [2.05, 4.69) is 27.3 Å². The maximum absolute atomic E-state index is 12.1. The summed E-state index contributed by atoms with van der Waals surface area (Å²) in [5.41, 5.74) is 0. The molecule has 1 atom stereocenters. The van der Waals surface area contributed by atoms with Gasteiger partial charge < -0.3 is 9.84 Å². The standard InChI is InChI=1S/C17H24N4O2S/c1-2-13(21-9-3-4-10-21)12-18-15(22)7-8-16-19-17(20-23-16)14-6-5-11-24-14/h5-6,11,13H,2-4,7-10,12H2,1H3,(H,18,22)/t13-/m0/s1. The Morgan fingerprint density at radius 2 is 2.29 bits per heavy atom. The molecular weight excluding hydrogens is 324 g/mol. The molecule has 3 rings (SSSR count). The summed E-state index contributed by atoms with van der Waals surface area (Å²) in [6.45, 7) is 5.21. The molecule has 1 aliphatic heterocycles. The Labute approximate surface area is 146 Å². The van der Waals surface area contributed by atoms with Crippen LogP contribution in [0.2, 0.25) is 0 Å². The van der Waals surface area contributed by atoms with Gasteiger partial charge in [0.15, 0.2) is 0 Å². The maximum Gasteiger partial charge on any atom is 0.227 e. The number of nitrogens with zero attached hydrogens (tertiary/aromatic N) is 3. The molecule has 0 radical (unpaired) electrons. The molecule has 6 nitrogen and oxygen atoms in total. The van der Waals surface area contributed by atoms with Crippen molar-refractivity contribution in [2.24, 2.45) is 0 Å². The van der Waals surface area contributed by atoms with Crippen LogP contribution in [0.25, 0.3) is 10.7 Å². The molecule has 2 aromatic rings. The largest absolute Gasteiger partial charge is 0.355 e. The van der Waals surface area contributed by atoms with Gasteiger partial charge in [0.1, 0.15) is 0 Å². The maximum atomic E-state index is 12.1. The lowest BCUT2D eigenvalue weighted by Gasteiger charge is -2.26. The third-order valence-corrected chi connectivity index (χ3v) is 5.30. The fraction of sp³-hybridized carbons (Fsp3) is 0.588. The van der Waals surface area contributed by atoms with E-state index in [0.29, 0.717) is 30.6 Å². The smallest absolute Gasteiger partial charge is 0.227 e. The van der Waals surface area contributed by atoms with Gasteiger partial charge in [0.25, 0.3) is 0 Å². The number of carbonyl (C=O) groups is 1. The van der Waals surface area contributed by atoms with Crippen molar-refractivity contribution in [1.82, 2.24) is 20.4 Å². The summed E-state index contributed by atoms with van der Waals surface area (Å²) in [6, 6.07) is 4.36. The van der Waals surface area contributed by atoms with Crippen LogP contribution >= 0.6 is 11.3 Å². The van der Waals surface area contributed by atoms with Gasteiger partial charge in [-0.1, -0.05) is 18.1 Å². The van der Waals surface area contributed by atoms with Gasteiger partial charge in [-0.05, 0) is 43.8 Å². The minimum Gasteiger partial charge on any atom is -0.355 e. The molecule has 0 aliphatic carbocycles. The second-order valence-electron chi connectivity index (χ2n) is 6.10. The molecule has 0 unspecified atom stereocenters. The van der Waals surface area contributed by atoms with Crippen molar-refractivity contribution in [3.05, 3.63) is 23.4 Å². The van der Waals surface area contributed by atoms with Gasteiger partial charge in [0, 0.05) is 25.4 Å². The topological polar surface area (TPSA) is 71.3 Å². The van der Waals surface area contributed by atoms with E-state index < -0.39 is 0 Å². The third kappa shape index (κ3) is 4.42. The molecule has 0 bridgehead atoms. The summed E-state index contributed by atoms with van der Waals surface area (Å²) < 4.78 is 5.22. The lowest BCUT2D eigenvalue weighted by atomic mass is 10.2. The van der Waals surface area contributed by atoms with E-state index in [4.69, 9.17) is 4.52 Å². The van der Waals surface area contributed by atoms with Crippen molar-refractivity contribution in [1.29, 1.82) is 0 Å². The molecular formula is C17H24N4O2S. The molecule has 3 heterocycles. The van der Waals surface area contributed by atoms with E-state index >= 15 is 0 Å². The summed E-state index contributed by atoms with van der Waals surface area (Å²) in [5.74, 6) is 1.16. The van der Waals surface area contributed by atoms with Crippen molar-refractivity contribution in [3.8, 4) is 10.7 Å². The monoisotopic (exact) mass is 348 g/mol. The number of rotatable bonds is 8. The Morgan fingerprint density at radius 1 is 1.46 bits per heavy atom. The van der Waals surface area contributed by atoms with E-state index in [1.54, 1.807) is 11.3 Å². The first-order valence-corrected chi connectivity index (χ1v) is 9.51. The normalized spacial score (nSPS) is 16.4. The van der Waals surface area contributed by atoms with Crippen LogP contribution < -0.4 is 5.32 Å². The summed E-state index contributed by atoms with van der Waals surface area (Å²) in [4.78, 5) is 19.9. The lowest BCUT2D eigenvalue weighted by Crippen LogP contribution is -2.42.